The summed E-state index contributed by atoms with van der Waals surface area (Å²) in [6.45, 7) is 2.34. The summed E-state index contributed by atoms with van der Waals surface area (Å²) in [6, 6.07) is -0.108. The molecule has 86 valence electrons. The summed E-state index contributed by atoms with van der Waals surface area (Å²) in [6.07, 6.45) is -0.363. The SMILES string of the molecule is Cc1nn([C@@H]2CC(=O)[C@H]3OC[C@@H]2O3)c(=S)s1. The van der Waals surface area contributed by atoms with Crippen LogP contribution in [0.1, 0.15) is 17.5 Å². The fourth-order valence-electron chi connectivity index (χ4n) is 2.06. The van der Waals surface area contributed by atoms with E-state index < -0.39 is 6.29 Å². The highest BCUT2D eigenvalue weighted by molar-refractivity contribution is 7.73. The van der Waals surface area contributed by atoms with Crippen LogP contribution in [0, 0.1) is 10.9 Å². The standard InChI is InChI=1S/C9H10N2O3S2/c1-4-10-11(9(15)16-4)5-2-6(12)8-13-3-7(5)14-8/h5,7-8H,2-3H2,1H3/t5-,7+,8+/m1/s1. The molecule has 0 N–H and O–H groups in total. The third-order valence-electron chi connectivity index (χ3n) is 2.80. The average molecular weight is 258 g/mol. The van der Waals surface area contributed by atoms with Crippen molar-refractivity contribution in [3.05, 3.63) is 8.96 Å². The summed E-state index contributed by atoms with van der Waals surface area (Å²) in [5.41, 5.74) is 0. The molecule has 0 aliphatic carbocycles. The Balaban J connectivity index is 1.98. The van der Waals surface area contributed by atoms with Crippen molar-refractivity contribution in [1.82, 2.24) is 9.78 Å². The van der Waals surface area contributed by atoms with Crippen LogP contribution in [0.2, 0.25) is 0 Å². The van der Waals surface area contributed by atoms with Crippen LogP contribution in [0.15, 0.2) is 0 Å². The van der Waals surface area contributed by atoms with Crippen molar-refractivity contribution in [2.45, 2.75) is 31.8 Å². The van der Waals surface area contributed by atoms with Crippen molar-refractivity contribution in [3.63, 3.8) is 0 Å². The van der Waals surface area contributed by atoms with Crippen LogP contribution in [0.4, 0.5) is 0 Å². The lowest BCUT2D eigenvalue weighted by molar-refractivity contribution is -0.156. The van der Waals surface area contributed by atoms with Gasteiger partial charge >= 0.3 is 0 Å². The highest BCUT2D eigenvalue weighted by Gasteiger charge is 2.44. The van der Waals surface area contributed by atoms with Crippen molar-refractivity contribution < 1.29 is 14.3 Å². The maximum Gasteiger partial charge on any atom is 0.218 e. The number of Topliss-reactive ketones (excluding diaryl/α,β-unsaturated/α-hetero) is 1. The molecule has 0 unspecified atom stereocenters. The third kappa shape index (κ3) is 1.55. The number of carbonyl (C=O) groups excluding carboxylic acids is 1. The van der Waals surface area contributed by atoms with Crippen LogP contribution in [-0.4, -0.2) is 34.6 Å². The molecule has 1 aromatic rings. The molecule has 0 saturated carbocycles. The number of nitrogens with zero attached hydrogens (tertiary/aromatic N) is 2. The molecule has 0 spiro atoms. The van der Waals surface area contributed by atoms with Gasteiger partial charge in [-0.3, -0.25) is 4.79 Å². The molecule has 3 heterocycles. The highest BCUT2D eigenvalue weighted by atomic mass is 32.1. The molecule has 0 radical (unpaired) electrons. The smallest absolute Gasteiger partial charge is 0.218 e. The summed E-state index contributed by atoms with van der Waals surface area (Å²) < 4.78 is 13.1. The normalized spacial score (nSPS) is 33.3. The quantitative estimate of drug-likeness (QED) is 0.709. The molecule has 1 aromatic heterocycles. The summed E-state index contributed by atoms with van der Waals surface area (Å²) in [5.74, 6) is -0.0219. The molecule has 16 heavy (non-hydrogen) atoms. The van der Waals surface area contributed by atoms with Gasteiger partial charge in [0.1, 0.15) is 11.1 Å². The lowest BCUT2D eigenvalue weighted by Gasteiger charge is -2.26. The fourth-order valence-corrected chi connectivity index (χ4v) is 3.25. The first kappa shape index (κ1) is 10.5. The summed E-state index contributed by atoms with van der Waals surface area (Å²) in [4.78, 5) is 11.6. The van der Waals surface area contributed by atoms with E-state index in [-0.39, 0.29) is 17.9 Å². The highest BCUT2D eigenvalue weighted by Crippen LogP contribution is 2.33. The topological polar surface area (TPSA) is 53.4 Å². The van der Waals surface area contributed by atoms with Gasteiger partial charge in [-0.2, -0.15) is 5.10 Å². The molecule has 2 aliphatic rings. The Morgan fingerprint density at radius 3 is 3.12 bits per heavy atom. The summed E-state index contributed by atoms with van der Waals surface area (Å²) in [5, 5.41) is 5.23. The number of fused-ring (bicyclic) bond motifs is 2. The predicted molar refractivity (Wildman–Crippen MR) is 58.9 cm³/mol. The van der Waals surface area contributed by atoms with Crippen LogP contribution >= 0.6 is 23.6 Å². The monoisotopic (exact) mass is 258 g/mol. The number of rotatable bonds is 1. The van der Waals surface area contributed by atoms with Crippen LogP contribution in [0.5, 0.6) is 0 Å². The minimum atomic E-state index is -0.657. The van der Waals surface area contributed by atoms with Gasteiger partial charge in [0.25, 0.3) is 0 Å². The minimum Gasteiger partial charge on any atom is -0.343 e. The van der Waals surface area contributed by atoms with Gasteiger partial charge in [-0.1, -0.05) is 11.3 Å². The fraction of sp³-hybridized carbons (Fsp3) is 0.667. The Hall–Kier alpha value is -0.630. The molecule has 2 saturated heterocycles. The molecule has 0 amide bonds. The Bertz CT molecular complexity index is 495. The van der Waals surface area contributed by atoms with Gasteiger partial charge in [0.15, 0.2) is 9.74 Å². The second kappa shape index (κ2) is 3.69. The number of hydrogen-bond acceptors (Lipinski definition) is 6. The van der Waals surface area contributed by atoms with Crippen LogP contribution in [0.25, 0.3) is 0 Å². The number of aryl methyl sites for hydroxylation is 1. The molecule has 7 heteroatoms. The van der Waals surface area contributed by atoms with E-state index in [1.54, 1.807) is 4.68 Å². The van der Waals surface area contributed by atoms with Crippen molar-refractivity contribution in [2.24, 2.45) is 0 Å². The van der Waals surface area contributed by atoms with Crippen LogP contribution < -0.4 is 0 Å². The summed E-state index contributed by atoms with van der Waals surface area (Å²) in [7, 11) is 0. The maximum absolute atomic E-state index is 11.6. The second-order valence-corrected chi connectivity index (χ2v) is 5.74. The zero-order valence-corrected chi connectivity index (χ0v) is 10.2. The number of ether oxygens (including phenoxy) is 2. The molecular formula is C9H10N2O3S2. The van der Waals surface area contributed by atoms with Gasteiger partial charge in [-0.05, 0) is 19.1 Å². The van der Waals surface area contributed by atoms with Crippen molar-refractivity contribution in [1.29, 1.82) is 0 Å². The van der Waals surface area contributed by atoms with E-state index in [0.717, 1.165) is 5.01 Å². The van der Waals surface area contributed by atoms with E-state index in [1.165, 1.54) is 11.3 Å². The first-order valence-electron chi connectivity index (χ1n) is 5.01. The minimum absolute atomic E-state index is 0.0219. The predicted octanol–water partition coefficient (Wildman–Crippen LogP) is 1.24. The Labute approximate surface area is 101 Å². The molecule has 2 aliphatic heterocycles. The van der Waals surface area contributed by atoms with Gasteiger partial charge < -0.3 is 9.47 Å². The average Bonchev–Trinajstić information content (AvgIpc) is 2.78. The van der Waals surface area contributed by atoms with Crippen molar-refractivity contribution >= 4 is 29.3 Å². The zero-order chi connectivity index (χ0) is 11.3. The molecule has 3 atom stereocenters. The van der Waals surface area contributed by atoms with Gasteiger partial charge in [0, 0.05) is 6.42 Å². The molecule has 5 nitrogen and oxygen atoms in total. The Kier molecular flexibility index (Phi) is 2.43. The Morgan fingerprint density at radius 1 is 1.62 bits per heavy atom. The lowest BCUT2D eigenvalue weighted by Crippen LogP contribution is -2.37. The lowest BCUT2D eigenvalue weighted by atomic mass is 10.0. The zero-order valence-electron chi connectivity index (χ0n) is 8.58. The molecule has 2 bridgehead atoms. The first-order valence-corrected chi connectivity index (χ1v) is 6.23. The molecule has 2 fully saturated rings. The first-order chi connectivity index (χ1) is 7.65. The van der Waals surface area contributed by atoms with E-state index >= 15 is 0 Å². The van der Waals surface area contributed by atoms with Gasteiger partial charge in [0.05, 0.1) is 12.6 Å². The molecule has 0 aromatic carbocycles. The van der Waals surface area contributed by atoms with Gasteiger partial charge in [0.2, 0.25) is 6.29 Å². The van der Waals surface area contributed by atoms with E-state index in [0.29, 0.717) is 17.0 Å². The van der Waals surface area contributed by atoms with E-state index in [9.17, 15) is 4.79 Å². The van der Waals surface area contributed by atoms with Crippen molar-refractivity contribution in [2.75, 3.05) is 6.61 Å². The number of aromatic nitrogens is 2. The Morgan fingerprint density at radius 2 is 2.44 bits per heavy atom. The third-order valence-corrected chi connectivity index (χ3v) is 3.97. The van der Waals surface area contributed by atoms with Crippen LogP contribution in [-0.2, 0) is 14.3 Å². The number of hydrogen-bond donors (Lipinski definition) is 0. The van der Waals surface area contributed by atoms with E-state index in [4.69, 9.17) is 21.7 Å². The van der Waals surface area contributed by atoms with E-state index in [1.807, 2.05) is 6.92 Å². The van der Waals surface area contributed by atoms with E-state index in [2.05, 4.69) is 5.10 Å². The van der Waals surface area contributed by atoms with Crippen molar-refractivity contribution in [3.8, 4) is 0 Å². The van der Waals surface area contributed by atoms with Crippen LogP contribution in [0.3, 0.4) is 0 Å². The number of carbonyl (C=O) groups is 1. The second-order valence-electron chi connectivity index (χ2n) is 3.91. The number of ketones is 1. The molecular weight excluding hydrogens is 248 g/mol. The van der Waals surface area contributed by atoms with Gasteiger partial charge in [-0.15, -0.1) is 0 Å². The van der Waals surface area contributed by atoms with Gasteiger partial charge in [-0.25, -0.2) is 4.68 Å². The largest absolute Gasteiger partial charge is 0.343 e. The molecule has 3 rings (SSSR count). The maximum atomic E-state index is 11.6. The summed E-state index contributed by atoms with van der Waals surface area (Å²) >= 11 is 6.67.